The van der Waals surface area contributed by atoms with Crippen LogP contribution in [0.3, 0.4) is 0 Å². The predicted molar refractivity (Wildman–Crippen MR) is 121 cm³/mol. The molecule has 1 aliphatic heterocycles. The first kappa shape index (κ1) is 29.9. The van der Waals surface area contributed by atoms with Crippen molar-refractivity contribution < 1.29 is 60.6 Å². The number of nitrogens with one attached hydrogen (secondary N) is 1. The topological polar surface area (TPSA) is 266 Å². The molecule has 0 aliphatic carbocycles. The standard InChI is InChI=1S/C15H19ClFN4O13P3/c1-3-4-15(16)10(22)9(6(2)32-36(27,28)34-37(29,30)33-35(24,25)26)31-13(15)21-5-7(17)8-11(21)19-14(18)20-12(8)23/h5-6,9-10,13,22H,1-2H3,(H,27,28)(H,29,30)(H2,24,25,26)(H3,18,19,20,23)/t6-,9+,10-,13+,15?/m0/s1. The van der Waals surface area contributed by atoms with Crippen molar-refractivity contribution in [2.45, 2.75) is 43.3 Å². The number of aliphatic hydroxyl groups excluding tert-OH is 1. The molecule has 0 radical (unpaired) electrons. The molecule has 22 heteroatoms. The summed E-state index contributed by atoms with van der Waals surface area (Å²) >= 11 is 6.55. The van der Waals surface area contributed by atoms with E-state index in [2.05, 4.69) is 35.0 Å². The lowest BCUT2D eigenvalue weighted by Crippen LogP contribution is -2.43. The number of rotatable bonds is 8. The molecule has 1 saturated heterocycles. The van der Waals surface area contributed by atoms with E-state index in [9.17, 15) is 37.8 Å². The largest absolute Gasteiger partial charge is 0.490 e. The molecule has 0 aromatic carbocycles. The van der Waals surface area contributed by atoms with Gasteiger partial charge in [0.15, 0.2) is 22.6 Å². The highest BCUT2D eigenvalue weighted by atomic mass is 35.5. The lowest BCUT2D eigenvalue weighted by molar-refractivity contribution is -0.0728. The zero-order chi connectivity index (χ0) is 28.1. The molecule has 0 bridgehead atoms. The summed E-state index contributed by atoms with van der Waals surface area (Å²) in [6, 6.07) is 0. The number of phosphoric acid groups is 3. The summed E-state index contributed by atoms with van der Waals surface area (Å²) in [5.74, 6) is 3.47. The summed E-state index contributed by atoms with van der Waals surface area (Å²) in [7, 11) is -17.1. The number of hydrogen-bond acceptors (Lipinski definition) is 11. The van der Waals surface area contributed by atoms with Gasteiger partial charge in [-0.3, -0.25) is 18.9 Å². The number of phosphoric ester groups is 1. The highest BCUT2D eigenvalue weighted by Crippen LogP contribution is 2.66. The second-order valence-corrected chi connectivity index (χ2v) is 12.5. The van der Waals surface area contributed by atoms with Crippen LogP contribution in [0.25, 0.3) is 11.0 Å². The molecule has 2 aromatic rings. The summed E-state index contributed by atoms with van der Waals surface area (Å²) in [6.07, 6.45) is -6.10. The monoisotopic (exact) mass is 610 g/mol. The molecule has 1 fully saturated rings. The molecule has 0 saturated carbocycles. The lowest BCUT2D eigenvalue weighted by Gasteiger charge is -2.26. The van der Waals surface area contributed by atoms with Gasteiger partial charge in [-0.1, -0.05) is 17.5 Å². The number of fused-ring (bicyclic) bond motifs is 1. The minimum atomic E-state index is -5.82. The Morgan fingerprint density at radius 1 is 1.30 bits per heavy atom. The lowest BCUT2D eigenvalue weighted by atomic mass is 9.96. The zero-order valence-corrected chi connectivity index (χ0v) is 21.9. The van der Waals surface area contributed by atoms with Crippen LogP contribution in [0.4, 0.5) is 10.3 Å². The Morgan fingerprint density at radius 2 is 1.92 bits per heavy atom. The molecule has 3 heterocycles. The van der Waals surface area contributed by atoms with Crippen LogP contribution < -0.4 is 11.3 Å². The highest BCUT2D eigenvalue weighted by molar-refractivity contribution is 7.66. The Hall–Kier alpha value is -1.67. The van der Waals surface area contributed by atoms with Gasteiger partial charge >= 0.3 is 23.5 Å². The summed E-state index contributed by atoms with van der Waals surface area (Å²) in [5.41, 5.74) is 4.26. The van der Waals surface area contributed by atoms with E-state index in [-0.39, 0.29) is 5.65 Å². The van der Waals surface area contributed by atoms with E-state index >= 15 is 0 Å². The Labute approximate surface area is 210 Å². The second kappa shape index (κ2) is 10.1. The number of nitrogen functional groups attached to an aromatic ring is 1. The average Bonchev–Trinajstić information content (AvgIpc) is 3.13. The van der Waals surface area contributed by atoms with Crippen LogP contribution in [-0.2, 0) is 31.6 Å². The minimum Gasteiger partial charge on any atom is -0.387 e. The maximum atomic E-state index is 14.6. The molecular weight excluding hydrogens is 592 g/mol. The molecule has 37 heavy (non-hydrogen) atoms. The van der Waals surface area contributed by atoms with Crippen molar-refractivity contribution in [3.05, 3.63) is 22.4 Å². The van der Waals surface area contributed by atoms with Crippen LogP contribution in [0, 0.1) is 17.7 Å². The number of nitrogens with zero attached hydrogens (tertiary/aromatic N) is 2. The van der Waals surface area contributed by atoms with E-state index in [1.807, 2.05) is 0 Å². The summed E-state index contributed by atoms with van der Waals surface area (Å²) in [5, 5.41) is 10.4. The fraction of sp³-hybridized carbons (Fsp3) is 0.467. The maximum absolute atomic E-state index is 14.6. The minimum absolute atomic E-state index is 0.347. The SMILES string of the molecule is CC#CC1(Cl)[C@@H](O)[C@@H]([C@H](C)OP(=O)(O)OP(=O)(O)OP(=O)(O)O)O[C@H]1n1cc(F)c2c(=O)[nH]c(N)nc21. The molecule has 0 spiro atoms. The van der Waals surface area contributed by atoms with Gasteiger partial charge in [0.25, 0.3) is 5.56 Å². The van der Waals surface area contributed by atoms with Gasteiger partial charge in [-0.15, -0.1) is 5.92 Å². The number of alkyl halides is 1. The highest BCUT2D eigenvalue weighted by Gasteiger charge is 2.58. The van der Waals surface area contributed by atoms with Gasteiger partial charge in [0.05, 0.1) is 6.10 Å². The first-order chi connectivity index (χ1) is 16.8. The quantitative estimate of drug-likeness (QED) is 0.121. The number of anilines is 1. The van der Waals surface area contributed by atoms with Crippen molar-refractivity contribution >= 4 is 52.1 Å². The Balaban J connectivity index is 1.96. The molecular formula is C15H19ClFN4O13P3. The summed E-state index contributed by atoms with van der Waals surface area (Å²) in [6.45, 7) is 2.37. The third kappa shape index (κ3) is 6.32. The Morgan fingerprint density at radius 3 is 2.49 bits per heavy atom. The third-order valence-electron chi connectivity index (χ3n) is 4.79. The molecule has 7 atom stereocenters. The van der Waals surface area contributed by atoms with Crippen LogP contribution in [-0.4, -0.2) is 62.4 Å². The zero-order valence-electron chi connectivity index (χ0n) is 18.5. The van der Waals surface area contributed by atoms with Gasteiger partial charge in [0.1, 0.15) is 17.6 Å². The number of H-pyrrole nitrogens is 1. The van der Waals surface area contributed by atoms with Gasteiger partial charge < -0.3 is 35.2 Å². The summed E-state index contributed by atoms with van der Waals surface area (Å²) in [4.78, 5) is 52.4. The van der Waals surface area contributed by atoms with E-state index < -0.39 is 75.6 Å². The number of hydrogen-bond donors (Lipinski definition) is 7. The number of nitrogens with two attached hydrogens (primary N) is 1. The Kier molecular flexibility index (Phi) is 8.19. The van der Waals surface area contributed by atoms with Crippen LogP contribution >= 0.6 is 35.1 Å². The number of halogens is 2. The van der Waals surface area contributed by atoms with Gasteiger partial charge in [-0.2, -0.15) is 13.6 Å². The van der Waals surface area contributed by atoms with E-state index in [1.165, 1.54) is 6.92 Å². The van der Waals surface area contributed by atoms with Crippen molar-refractivity contribution in [2.24, 2.45) is 0 Å². The van der Waals surface area contributed by atoms with Crippen LogP contribution in [0.1, 0.15) is 20.1 Å². The molecule has 3 rings (SSSR count). The van der Waals surface area contributed by atoms with Crippen molar-refractivity contribution in [1.29, 1.82) is 0 Å². The molecule has 2 aromatic heterocycles. The van der Waals surface area contributed by atoms with Crippen molar-refractivity contribution in [2.75, 3.05) is 5.73 Å². The first-order valence-corrected chi connectivity index (χ1v) is 14.5. The van der Waals surface area contributed by atoms with Crippen molar-refractivity contribution in [3.8, 4) is 11.8 Å². The molecule has 17 nitrogen and oxygen atoms in total. The van der Waals surface area contributed by atoms with Crippen LogP contribution in [0.2, 0.25) is 0 Å². The van der Waals surface area contributed by atoms with Gasteiger partial charge in [0, 0.05) is 6.20 Å². The smallest absolute Gasteiger partial charge is 0.387 e. The van der Waals surface area contributed by atoms with E-state index in [0.717, 1.165) is 17.7 Å². The van der Waals surface area contributed by atoms with Crippen molar-refractivity contribution in [1.82, 2.24) is 14.5 Å². The third-order valence-corrected chi connectivity index (χ3v) is 9.22. The Bertz CT molecular complexity index is 1480. The maximum Gasteiger partial charge on any atom is 0.490 e. The van der Waals surface area contributed by atoms with Crippen LogP contribution in [0.5, 0.6) is 0 Å². The second-order valence-electron chi connectivity index (χ2n) is 7.48. The molecule has 0 amide bonds. The average molecular weight is 611 g/mol. The number of aliphatic hydroxyl groups is 1. The number of aromatic amines is 1. The van der Waals surface area contributed by atoms with Gasteiger partial charge in [0.2, 0.25) is 5.95 Å². The number of ether oxygens (including phenoxy) is 1. The fourth-order valence-corrected chi connectivity index (χ4v) is 7.12. The molecule has 1 aliphatic rings. The predicted octanol–water partition coefficient (Wildman–Crippen LogP) is 0.437. The van der Waals surface area contributed by atoms with Crippen molar-refractivity contribution in [3.63, 3.8) is 0 Å². The van der Waals surface area contributed by atoms with E-state index in [0.29, 0.717) is 0 Å². The fourth-order valence-electron chi connectivity index (χ4n) is 3.55. The molecule has 8 N–H and O–H groups in total. The molecule has 3 unspecified atom stereocenters. The number of aromatic nitrogens is 3. The van der Waals surface area contributed by atoms with E-state index in [1.54, 1.807) is 0 Å². The van der Waals surface area contributed by atoms with Crippen LogP contribution in [0.15, 0.2) is 11.0 Å². The normalized spacial score (nSPS) is 28.3. The van der Waals surface area contributed by atoms with Gasteiger partial charge in [-0.25, -0.2) is 18.1 Å². The summed E-state index contributed by atoms with van der Waals surface area (Å²) < 4.78 is 67.7. The molecule has 206 valence electrons. The first-order valence-electron chi connectivity index (χ1n) is 9.64. The van der Waals surface area contributed by atoms with E-state index in [4.69, 9.17) is 31.9 Å². The van der Waals surface area contributed by atoms with Gasteiger partial charge in [-0.05, 0) is 13.8 Å².